The second-order valence-corrected chi connectivity index (χ2v) is 5.50. The maximum atomic E-state index is 11.5. The van der Waals surface area contributed by atoms with Gasteiger partial charge in [-0.25, -0.2) is 4.99 Å². The van der Waals surface area contributed by atoms with Gasteiger partial charge in [0.25, 0.3) is 0 Å². The summed E-state index contributed by atoms with van der Waals surface area (Å²) < 4.78 is 25.9. The van der Waals surface area contributed by atoms with E-state index in [0.29, 0.717) is 0 Å². The maximum Gasteiger partial charge on any atom is 0.305 e. The summed E-state index contributed by atoms with van der Waals surface area (Å²) in [5.74, 6) is -2.70. The van der Waals surface area contributed by atoms with E-state index in [2.05, 4.69) is 22.4 Å². The molecule has 11 heteroatoms. The van der Waals surface area contributed by atoms with E-state index in [-0.39, 0.29) is 6.61 Å². The number of thiocarbonyl (C=S) groups is 1. The number of isothiocyanates is 1. The molecule has 1 rings (SSSR count). The Morgan fingerprint density at radius 1 is 0.923 bits per heavy atom. The molecule has 1 aliphatic rings. The molecule has 0 aromatic heterocycles. The third-order valence-corrected chi connectivity index (χ3v) is 3.26. The lowest BCUT2D eigenvalue weighted by Gasteiger charge is -2.42. The van der Waals surface area contributed by atoms with Crippen molar-refractivity contribution in [1.82, 2.24) is 0 Å². The van der Waals surface area contributed by atoms with Crippen molar-refractivity contribution in [2.45, 2.75) is 58.3 Å². The second kappa shape index (κ2) is 9.95. The topological polar surface area (TPSA) is 127 Å². The Morgan fingerprint density at radius 3 is 1.92 bits per heavy atom. The molecule has 5 unspecified atom stereocenters. The number of esters is 4. The number of carbonyl (C=O) groups is 4. The molecule has 0 amide bonds. The summed E-state index contributed by atoms with van der Waals surface area (Å²) in [5.41, 5.74) is 0. The Balaban J connectivity index is 3.28. The fourth-order valence-electron chi connectivity index (χ4n) is 2.34. The van der Waals surface area contributed by atoms with E-state index in [1.54, 1.807) is 0 Å². The van der Waals surface area contributed by atoms with E-state index >= 15 is 0 Å². The zero-order valence-electron chi connectivity index (χ0n) is 14.6. The highest BCUT2D eigenvalue weighted by molar-refractivity contribution is 7.78. The minimum absolute atomic E-state index is 0.336. The van der Waals surface area contributed by atoms with Crippen LogP contribution in [0.2, 0.25) is 0 Å². The molecule has 1 heterocycles. The Bertz CT molecular complexity index is 616. The maximum absolute atomic E-state index is 11.5. The molecule has 0 bridgehead atoms. The molecule has 26 heavy (non-hydrogen) atoms. The summed E-state index contributed by atoms with van der Waals surface area (Å²) in [7, 11) is 0. The summed E-state index contributed by atoms with van der Waals surface area (Å²) >= 11 is 4.58. The number of nitrogens with zero attached hydrogens (tertiary/aromatic N) is 1. The van der Waals surface area contributed by atoms with Crippen molar-refractivity contribution in [2.75, 3.05) is 6.61 Å². The number of ether oxygens (including phenoxy) is 5. The largest absolute Gasteiger partial charge is 0.463 e. The first-order chi connectivity index (χ1) is 12.1. The van der Waals surface area contributed by atoms with E-state index in [4.69, 9.17) is 23.7 Å². The quantitative estimate of drug-likeness (QED) is 0.268. The third-order valence-electron chi connectivity index (χ3n) is 3.15. The molecule has 1 saturated heterocycles. The van der Waals surface area contributed by atoms with Crippen LogP contribution in [0.4, 0.5) is 0 Å². The Hall–Kier alpha value is -2.36. The molecule has 0 radical (unpaired) electrons. The van der Waals surface area contributed by atoms with E-state index in [1.165, 1.54) is 6.92 Å². The van der Waals surface area contributed by atoms with Gasteiger partial charge < -0.3 is 23.7 Å². The van der Waals surface area contributed by atoms with E-state index in [0.717, 1.165) is 20.8 Å². The molecule has 1 fully saturated rings. The minimum atomic E-state index is -1.32. The highest BCUT2D eigenvalue weighted by Crippen LogP contribution is 2.29. The van der Waals surface area contributed by atoms with Crippen LogP contribution in [-0.2, 0) is 42.9 Å². The second-order valence-electron chi connectivity index (χ2n) is 5.31. The summed E-state index contributed by atoms with van der Waals surface area (Å²) in [6.07, 6.45) is -4.78. The molecule has 0 saturated carbocycles. The predicted octanol–water partition coefficient (Wildman–Crippen LogP) is 0.172. The van der Waals surface area contributed by atoms with Crippen LogP contribution >= 0.6 is 12.2 Å². The van der Waals surface area contributed by atoms with Crippen LogP contribution in [0.1, 0.15) is 27.7 Å². The molecule has 5 atom stereocenters. The van der Waals surface area contributed by atoms with Gasteiger partial charge in [-0.3, -0.25) is 19.2 Å². The van der Waals surface area contributed by atoms with Gasteiger partial charge in [0, 0.05) is 27.7 Å². The van der Waals surface area contributed by atoms with Gasteiger partial charge in [0.05, 0.1) is 5.16 Å². The normalized spacial score (nSPS) is 27.5. The van der Waals surface area contributed by atoms with Crippen LogP contribution in [0.3, 0.4) is 0 Å². The summed E-state index contributed by atoms with van der Waals surface area (Å²) in [6, 6.07) is -1.13. The monoisotopic (exact) mass is 389 g/mol. The molecular formula is C15H19NO9S. The first-order valence-electron chi connectivity index (χ1n) is 7.53. The zero-order chi connectivity index (χ0) is 19.9. The molecule has 0 aromatic carbocycles. The molecule has 0 aromatic rings. The smallest absolute Gasteiger partial charge is 0.305 e. The SMILES string of the molecule is CC(=O)OCC1OC(OC(C)=O)C(N=C=S)C(OC(C)=O)C1OC(C)=O. The summed E-state index contributed by atoms with van der Waals surface area (Å²) in [6.45, 7) is 4.26. The van der Waals surface area contributed by atoms with Gasteiger partial charge in [-0.2, -0.15) is 0 Å². The van der Waals surface area contributed by atoms with Crippen LogP contribution in [0, 0.1) is 0 Å². The standard InChI is InChI=1S/C15H19NO9S/c1-7(17)21-5-11-13(22-8(2)18)14(23-9(3)19)12(16-6-26)15(25-11)24-10(4)20/h11-15H,5H2,1-4H3. The van der Waals surface area contributed by atoms with Crippen molar-refractivity contribution in [3.63, 3.8) is 0 Å². The molecule has 10 nitrogen and oxygen atoms in total. The lowest BCUT2D eigenvalue weighted by atomic mass is 9.96. The summed E-state index contributed by atoms with van der Waals surface area (Å²) in [4.78, 5) is 49.3. The van der Waals surface area contributed by atoms with Crippen LogP contribution in [-0.4, -0.2) is 66.3 Å². The first-order valence-corrected chi connectivity index (χ1v) is 7.94. The highest BCUT2D eigenvalue weighted by atomic mass is 32.1. The van der Waals surface area contributed by atoms with Crippen LogP contribution in [0.15, 0.2) is 4.99 Å². The number of rotatable bonds is 6. The van der Waals surface area contributed by atoms with Crippen molar-refractivity contribution in [2.24, 2.45) is 4.99 Å². The van der Waals surface area contributed by atoms with Gasteiger partial charge in [-0.15, -0.1) is 0 Å². The van der Waals surface area contributed by atoms with Gasteiger partial charge in [0.1, 0.15) is 12.7 Å². The van der Waals surface area contributed by atoms with Crippen molar-refractivity contribution in [3.05, 3.63) is 0 Å². The van der Waals surface area contributed by atoms with Crippen molar-refractivity contribution in [1.29, 1.82) is 0 Å². The number of aliphatic imine (C=N–C) groups is 1. The third kappa shape index (κ3) is 6.51. The fraction of sp³-hybridized carbons (Fsp3) is 0.667. The van der Waals surface area contributed by atoms with Gasteiger partial charge in [0.15, 0.2) is 18.2 Å². The van der Waals surface area contributed by atoms with Crippen LogP contribution < -0.4 is 0 Å². The first kappa shape index (κ1) is 21.7. The minimum Gasteiger partial charge on any atom is -0.463 e. The number of hydrogen-bond acceptors (Lipinski definition) is 11. The lowest BCUT2D eigenvalue weighted by molar-refractivity contribution is -0.266. The summed E-state index contributed by atoms with van der Waals surface area (Å²) in [5, 5.41) is 2.10. The van der Waals surface area contributed by atoms with Crippen molar-refractivity contribution >= 4 is 41.3 Å². The van der Waals surface area contributed by atoms with Crippen molar-refractivity contribution in [3.8, 4) is 0 Å². The van der Waals surface area contributed by atoms with Crippen LogP contribution in [0.5, 0.6) is 0 Å². The number of carbonyl (C=O) groups excluding carboxylic acids is 4. The average Bonchev–Trinajstić information content (AvgIpc) is 2.49. The van der Waals surface area contributed by atoms with E-state index < -0.39 is 54.5 Å². The van der Waals surface area contributed by atoms with E-state index in [1.807, 2.05) is 0 Å². The van der Waals surface area contributed by atoms with Gasteiger partial charge in [0.2, 0.25) is 6.29 Å². The van der Waals surface area contributed by atoms with Gasteiger partial charge in [-0.05, 0) is 12.2 Å². The Labute approximate surface area is 154 Å². The highest BCUT2D eigenvalue weighted by Gasteiger charge is 2.51. The molecule has 0 N–H and O–H groups in total. The molecule has 1 aliphatic heterocycles. The van der Waals surface area contributed by atoms with Gasteiger partial charge in [-0.1, -0.05) is 0 Å². The molecular weight excluding hydrogens is 370 g/mol. The fourth-order valence-corrected chi connectivity index (χ4v) is 2.47. The average molecular weight is 389 g/mol. The Morgan fingerprint density at radius 2 is 1.46 bits per heavy atom. The van der Waals surface area contributed by atoms with E-state index in [9.17, 15) is 19.2 Å². The van der Waals surface area contributed by atoms with Gasteiger partial charge >= 0.3 is 23.9 Å². The lowest BCUT2D eigenvalue weighted by Crippen LogP contribution is -2.61. The van der Waals surface area contributed by atoms with Crippen molar-refractivity contribution < 1.29 is 42.9 Å². The molecule has 0 spiro atoms. The Kier molecular flexibility index (Phi) is 8.30. The predicted molar refractivity (Wildman–Crippen MR) is 87.0 cm³/mol. The zero-order valence-corrected chi connectivity index (χ0v) is 15.4. The molecule has 144 valence electrons. The van der Waals surface area contributed by atoms with Crippen LogP contribution in [0.25, 0.3) is 0 Å². The molecule has 0 aliphatic carbocycles. The number of hydrogen-bond donors (Lipinski definition) is 0.